The van der Waals surface area contributed by atoms with Gasteiger partial charge in [0.15, 0.2) is 0 Å². The minimum absolute atomic E-state index is 0.0637. The largest absolute Gasteiger partial charge is 0.433 e. The number of nitrogens with one attached hydrogen (secondary N) is 2. The van der Waals surface area contributed by atoms with Crippen LogP contribution in [0.2, 0.25) is 0 Å². The molecule has 0 atom stereocenters. The zero-order chi connectivity index (χ0) is 15.1. The number of aliphatic hydroxyl groups is 1. The van der Waals surface area contributed by atoms with Crippen LogP contribution in [0.4, 0.5) is 25.0 Å². The second kappa shape index (κ2) is 7.19. The molecule has 0 bridgehead atoms. The molecule has 1 rings (SSSR count). The van der Waals surface area contributed by atoms with Gasteiger partial charge in [-0.15, -0.1) is 0 Å². The summed E-state index contributed by atoms with van der Waals surface area (Å²) in [7, 11) is 0. The number of nitro groups is 1. The normalized spacial score (nSPS) is 10.2. The van der Waals surface area contributed by atoms with Crippen LogP contribution in [0.3, 0.4) is 0 Å². The van der Waals surface area contributed by atoms with Crippen LogP contribution < -0.4 is 15.4 Å². The molecule has 0 aliphatic heterocycles. The van der Waals surface area contributed by atoms with Gasteiger partial charge in [-0.25, -0.2) is 4.79 Å². The van der Waals surface area contributed by atoms with Gasteiger partial charge >= 0.3 is 12.6 Å². The van der Waals surface area contributed by atoms with E-state index in [9.17, 15) is 23.7 Å². The Hall–Kier alpha value is -2.49. The van der Waals surface area contributed by atoms with Gasteiger partial charge in [-0.1, -0.05) is 0 Å². The van der Waals surface area contributed by atoms with Crippen molar-refractivity contribution in [3.63, 3.8) is 0 Å². The predicted molar refractivity (Wildman–Crippen MR) is 63.8 cm³/mol. The van der Waals surface area contributed by atoms with Crippen molar-refractivity contribution in [2.45, 2.75) is 6.61 Å². The summed E-state index contributed by atoms with van der Waals surface area (Å²) in [6.45, 7) is -3.52. The molecule has 20 heavy (non-hydrogen) atoms. The summed E-state index contributed by atoms with van der Waals surface area (Å²) in [5.74, 6) is -0.412. The first kappa shape index (κ1) is 15.6. The smallest absolute Gasteiger partial charge is 0.387 e. The fourth-order valence-electron chi connectivity index (χ4n) is 1.26. The van der Waals surface area contributed by atoms with E-state index in [4.69, 9.17) is 5.11 Å². The second-order valence-corrected chi connectivity index (χ2v) is 3.42. The molecule has 0 saturated heterocycles. The van der Waals surface area contributed by atoms with E-state index in [0.29, 0.717) is 0 Å². The van der Waals surface area contributed by atoms with E-state index in [-0.39, 0.29) is 18.8 Å². The third-order valence-corrected chi connectivity index (χ3v) is 2.04. The summed E-state index contributed by atoms with van der Waals surface area (Å²) in [6, 6.07) is 1.98. The minimum Gasteiger partial charge on any atom is -0.433 e. The monoisotopic (exact) mass is 291 g/mol. The van der Waals surface area contributed by atoms with E-state index in [1.165, 1.54) is 0 Å². The van der Waals surface area contributed by atoms with E-state index >= 15 is 0 Å². The number of hydrogen-bond acceptors (Lipinski definition) is 5. The van der Waals surface area contributed by atoms with Gasteiger partial charge in [0.25, 0.3) is 5.69 Å². The third-order valence-electron chi connectivity index (χ3n) is 2.04. The van der Waals surface area contributed by atoms with E-state index in [1.54, 1.807) is 0 Å². The van der Waals surface area contributed by atoms with Crippen LogP contribution in [0.1, 0.15) is 0 Å². The maximum absolute atomic E-state index is 12.2. The van der Waals surface area contributed by atoms with Crippen molar-refractivity contribution in [2.75, 3.05) is 18.5 Å². The number of carbonyl (C=O) groups excluding carboxylic acids is 1. The average Bonchev–Trinajstić information content (AvgIpc) is 2.37. The van der Waals surface area contributed by atoms with Crippen LogP contribution in [0.25, 0.3) is 0 Å². The highest BCUT2D eigenvalue weighted by Crippen LogP contribution is 2.30. The van der Waals surface area contributed by atoms with Gasteiger partial charge in [0.05, 0.1) is 17.2 Å². The molecule has 0 unspecified atom stereocenters. The highest BCUT2D eigenvalue weighted by atomic mass is 19.3. The molecule has 0 heterocycles. The number of halogens is 2. The Kier molecular flexibility index (Phi) is 5.59. The van der Waals surface area contributed by atoms with Crippen LogP contribution >= 0.6 is 0 Å². The lowest BCUT2D eigenvalue weighted by molar-refractivity contribution is -0.384. The number of urea groups is 1. The quantitative estimate of drug-likeness (QED) is 0.540. The molecule has 1 aromatic rings. The fourth-order valence-corrected chi connectivity index (χ4v) is 1.26. The van der Waals surface area contributed by atoms with Crippen molar-refractivity contribution >= 4 is 17.4 Å². The fraction of sp³-hybridized carbons (Fsp3) is 0.300. The SMILES string of the molecule is O=C(NCCO)Nc1cc([N+](=O)[O-])ccc1OC(F)F. The molecule has 2 amide bonds. The van der Waals surface area contributed by atoms with E-state index in [2.05, 4.69) is 15.4 Å². The highest BCUT2D eigenvalue weighted by molar-refractivity contribution is 5.91. The van der Waals surface area contributed by atoms with Crippen LogP contribution in [0.15, 0.2) is 18.2 Å². The number of hydrogen-bond donors (Lipinski definition) is 3. The number of rotatable bonds is 6. The number of anilines is 1. The molecule has 1 aromatic carbocycles. The molecular weight excluding hydrogens is 280 g/mol. The molecule has 0 aliphatic carbocycles. The van der Waals surface area contributed by atoms with Crippen molar-refractivity contribution in [2.24, 2.45) is 0 Å². The topological polar surface area (TPSA) is 114 Å². The van der Waals surface area contributed by atoms with Gasteiger partial charge in [0.2, 0.25) is 0 Å². The number of amides is 2. The zero-order valence-electron chi connectivity index (χ0n) is 10.0. The third kappa shape index (κ3) is 4.65. The summed E-state index contributed by atoms with van der Waals surface area (Å²) in [4.78, 5) is 21.2. The van der Waals surface area contributed by atoms with E-state index in [1.807, 2.05) is 0 Å². The van der Waals surface area contributed by atoms with Crippen LogP contribution in [0.5, 0.6) is 5.75 Å². The number of ether oxygens (including phenoxy) is 1. The van der Waals surface area contributed by atoms with Gasteiger partial charge in [0, 0.05) is 18.7 Å². The Morgan fingerprint density at radius 1 is 1.50 bits per heavy atom. The summed E-state index contributed by atoms with van der Waals surface area (Å²) < 4.78 is 28.5. The number of non-ortho nitro benzene ring substituents is 1. The molecular formula is C10H11F2N3O5. The second-order valence-electron chi connectivity index (χ2n) is 3.42. The Bertz CT molecular complexity index is 498. The summed E-state index contributed by atoms with van der Waals surface area (Å²) in [5, 5.41) is 23.4. The number of aliphatic hydroxyl groups excluding tert-OH is 1. The summed E-state index contributed by atoms with van der Waals surface area (Å²) in [6.07, 6.45) is 0. The number of nitrogens with zero attached hydrogens (tertiary/aromatic N) is 1. The lowest BCUT2D eigenvalue weighted by Crippen LogP contribution is -2.31. The predicted octanol–water partition coefficient (Wildman–Crippen LogP) is 1.31. The lowest BCUT2D eigenvalue weighted by atomic mass is 10.2. The van der Waals surface area contributed by atoms with Gasteiger partial charge in [-0.05, 0) is 6.07 Å². The maximum Gasteiger partial charge on any atom is 0.387 e. The van der Waals surface area contributed by atoms with Crippen LogP contribution in [-0.2, 0) is 0 Å². The molecule has 0 aromatic heterocycles. The van der Waals surface area contributed by atoms with Crippen molar-refractivity contribution in [1.82, 2.24) is 5.32 Å². The van der Waals surface area contributed by atoms with Crippen molar-refractivity contribution in [3.05, 3.63) is 28.3 Å². The Morgan fingerprint density at radius 2 is 2.20 bits per heavy atom. The van der Waals surface area contributed by atoms with Crippen molar-refractivity contribution in [1.29, 1.82) is 0 Å². The highest BCUT2D eigenvalue weighted by Gasteiger charge is 2.16. The molecule has 0 radical (unpaired) electrons. The molecule has 0 saturated carbocycles. The first-order chi connectivity index (χ1) is 9.43. The number of nitro benzene ring substituents is 1. The number of benzene rings is 1. The van der Waals surface area contributed by atoms with Gasteiger partial charge < -0.3 is 20.5 Å². The number of carbonyl (C=O) groups is 1. The van der Waals surface area contributed by atoms with E-state index in [0.717, 1.165) is 18.2 Å². The molecule has 0 spiro atoms. The van der Waals surface area contributed by atoms with Crippen LogP contribution in [-0.4, -0.2) is 35.8 Å². The van der Waals surface area contributed by atoms with E-state index < -0.39 is 29.0 Å². The van der Waals surface area contributed by atoms with Gasteiger partial charge in [-0.3, -0.25) is 10.1 Å². The summed E-state index contributed by atoms with van der Waals surface area (Å²) in [5.41, 5.74) is -0.681. The molecule has 10 heteroatoms. The zero-order valence-corrected chi connectivity index (χ0v) is 10.0. The lowest BCUT2D eigenvalue weighted by Gasteiger charge is -2.12. The Balaban J connectivity index is 2.95. The van der Waals surface area contributed by atoms with Crippen LogP contribution in [0, 0.1) is 10.1 Å². The molecule has 8 nitrogen and oxygen atoms in total. The average molecular weight is 291 g/mol. The Labute approximate surface area is 111 Å². The number of alkyl halides is 2. The van der Waals surface area contributed by atoms with Gasteiger partial charge in [0.1, 0.15) is 5.75 Å². The Morgan fingerprint density at radius 3 is 2.75 bits per heavy atom. The molecule has 110 valence electrons. The first-order valence-electron chi connectivity index (χ1n) is 5.33. The standard InChI is InChI=1S/C10H11F2N3O5/c11-9(12)20-8-2-1-6(15(18)19)5-7(8)14-10(17)13-3-4-16/h1-2,5,9,16H,3-4H2,(H2,13,14,17). The molecule has 0 aliphatic rings. The summed E-state index contributed by atoms with van der Waals surface area (Å²) >= 11 is 0. The van der Waals surface area contributed by atoms with Crippen molar-refractivity contribution < 1.29 is 28.3 Å². The van der Waals surface area contributed by atoms with Crippen molar-refractivity contribution in [3.8, 4) is 5.75 Å². The maximum atomic E-state index is 12.2. The minimum atomic E-state index is -3.14. The molecule has 3 N–H and O–H groups in total. The van der Waals surface area contributed by atoms with Gasteiger partial charge in [-0.2, -0.15) is 8.78 Å². The first-order valence-corrected chi connectivity index (χ1v) is 5.33. The molecule has 0 fully saturated rings.